The van der Waals surface area contributed by atoms with Crippen molar-refractivity contribution in [3.05, 3.63) is 53.1 Å². The summed E-state index contributed by atoms with van der Waals surface area (Å²) in [4.78, 5) is 28.6. The van der Waals surface area contributed by atoms with Gasteiger partial charge in [-0.05, 0) is 38.0 Å². The van der Waals surface area contributed by atoms with Crippen LogP contribution in [0.1, 0.15) is 33.9 Å². The van der Waals surface area contributed by atoms with Gasteiger partial charge in [0.25, 0.3) is 0 Å². The largest absolute Gasteiger partial charge is 0.462 e. The van der Waals surface area contributed by atoms with E-state index in [0.29, 0.717) is 4.57 Å². The van der Waals surface area contributed by atoms with Crippen molar-refractivity contribution in [2.24, 2.45) is 5.92 Å². The highest BCUT2D eigenvalue weighted by Gasteiger charge is 2.60. The van der Waals surface area contributed by atoms with Crippen molar-refractivity contribution in [3.63, 3.8) is 0 Å². The third-order valence-corrected chi connectivity index (χ3v) is 7.20. The van der Waals surface area contributed by atoms with E-state index in [1.54, 1.807) is 45.9 Å². The Morgan fingerprint density at radius 3 is 2.46 bits per heavy atom. The molecule has 1 fully saturated rings. The number of halogens is 2. The molecule has 216 valence electrons. The lowest BCUT2D eigenvalue weighted by atomic mass is 10.1. The van der Waals surface area contributed by atoms with Crippen molar-refractivity contribution in [3.8, 4) is 5.75 Å². The third-order valence-electron chi connectivity index (χ3n) is 5.67. The smallest absolute Gasteiger partial charge is 0.459 e. The first-order valence-electron chi connectivity index (χ1n) is 12.2. The second kappa shape index (κ2) is 12.5. The van der Waals surface area contributed by atoms with Crippen LogP contribution in [0.15, 0.2) is 47.4 Å². The Hall–Kier alpha value is -2.90. The van der Waals surface area contributed by atoms with Gasteiger partial charge >= 0.3 is 25.3 Å². The zero-order chi connectivity index (χ0) is 29.0. The molecule has 0 radical (unpaired) electrons. The summed E-state index contributed by atoms with van der Waals surface area (Å²) in [5.74, 6) is -4.83. The summed E-state index contributed by atoms with van der Waals surface area (Å²) in [6.45, 7) is 5.80. The predicted molar refractivity (Wildman–Crippen MR) is 137 cm³/mol. The van der Waals surface area contributed by atoms with Crippen LogP contribution in [-0.4, -0.2) is 64.6 Å². The summed E-state index contributed by atoms with van der Waals surface area (Å²) < 4.78 is 65.9. The molecule has 15 heteroatoms. The third kappa shape index (κ3) is 7.40. The molecule has 12 nitrogen and oxygen atoms in total. The first-order valence-corrected chi connectivity index (χ1v) is 13.8. The lowest BCUT2D eigenvalue weighted by Gasteiger charge is -2.28. The molecule has 1 aliphatic heterocycles. The standard InChI is InChI=1S/C24H33F2N4O8P/c1-14(2)19(21(32)36-15(3)4)29-39(34,38-16-9-7-6-8-10-16)35-13-17-20(31)24(25,26)22(37-17)30-12-11-18(27-5)28-23(30)33/h6-12,14-15,17,19-20,22,31H,13H2,1-5H3,(H,29,34)(H,27,28,33)/t17-,19?,20-,22-,39?/m1/s1. The Balaban J connectivity index is 1.85. The highest BCUT2D eigenvalue weighted by Crippen LogP contribution is 2.48. The summed E-state index contributed by atoms with van der Waals surface area (Å²) in [5.41, 5.74) is -1.04. The van der Waals surface area contributed by atoms with Gasteiger partial charge in [0.1, 0.15) is 23.7 Å². The van der Waals surface area contributed by atoms with Crippen molar-refractivity contribution < 1.29 is 41.8 Å². The van der Waals surface area contributed by atoms with Crippen LogP contribution >= 0.6 is 7.75 Å². The maximum atomic E-state index is 15.0. The van der Waals surface area contributed by atoms with Crippen LogP contribution in [0, 0.1) is 5.92 Å². The van der Waals surface area contributed by atoms with E-state index in [-0.39, 0.29) is 11.6 Å². The first-order chi connectivity index (χ1) is 18.3. The minimum absolute atomic E-state index is 0.103. The Bertz CT molecular complexity index is 1230. The summed E-state index contributed by atoms with van der Waals surface area (Å²) in [6.07, 6.45) is -5.78. The fourth-order valence-electron chi connectivity index (χ4n) is 3.67. The van der Waals surface area contributed by atoms with Gasteiger partial charge in [0, 0.05) is 13.2 Å². The highest BCUT2D eigenvalue weighted by atomic mass is 31.2. The Labute approximate surface area is 224 Å². The topological polar surface area (TPSA) is 150 Å². The van der Waals surface area contributed by atoms with Crippen LogP contribution < -0.4 is 20.6 Å². The lowest BCUT2D eigenvalue weighted by molar-refractivity contribution is -0.150. The number of benzene rings is 1. The van der Waals surface area contributed by atoms with E-state index in [9.17, 15) is 28.0 Å². The SMILES string of the molecule is CNc1ccn([C@@H]2O[C@H](COP(=O)(NC(C(=O)OC(C)C)C(C)C)Oc3ccccc3)[C@@H](O)C2(F)F)c(=O)n1. The molecule has 1 aromatic heterocycles. The van der Waals surface area contributed by atoms with Gasteiger partial charge in [0.2, 0.25) is 6.23 Å². The summed E-state index contributed by atoms with van der Waals surface area (Å²) >= 11 is 0. The molecular formula is C24H33F2N4O8P. The van der Waals surface area contributed by atoms with E-state index in [0.717, 1.165) is 6.20 Å². The van der Waals surface area contributed by atoms with Gasteiger partial charge in [-0.2, -0.15) is 18.9 Å². The van der Waals surface area contributed by atoms with Gasteiger partial charge in [-0.25, -0.2) is 9.36 Å². The van der Waals surface area contributed by atoms with E-state index in [2.05, 4.69) is 15.4 Å². The lowest BCUT2D eigenvalue weighted by Crippen LogP contribution is -2.43. The molecule has 2 unspecified atom stereocenters. The van der Waals surface area contributed by atoms with Gasteiger partial charge in [-0.3, -0.25) is 13.9 Å². The number of hydrogen-bond acceptors (Lipinski definition) is 10. The van der Waals surface area contributed by atoms with Crippen LogP contribution in [0.4, 0.5) is 14.6 Å². The van der Waals surface area contributed by atoms with E-state index in [4.69, 9.17) is 18.5 Å². The number of para-hydroxylation sites is 1. The molecule has 0 aliphatic carbocycles. The summed E-state index contributed by atoms with van der Waals surface area (Å²) in [6, 6.07) is 7.99. The van der Waals surface area contributed by atoms with Crippen molar-refractivity contribution >= 4 is 19.5 Å². The fraction of sp³-hybridized carbons (Fsp3) is 0.542. The van der Waals surface area contributed by atoms with E-state index in [1.165, 1.54) is 25.2 Å². The monoisotopic (exact) mass is 574 g/mol. The number of aromatic nitrogens is 2. The minimum atomic E-state index is -4.46. The number of carbonyl (C=O) groups excluding carboxylic acids is 1. The average Bonchev–Trinajstić information content (AvgIpc) is 3.09. The van der Waals surface area contributed by atoms with Gasteiger partial charge in [-0.1, -0.05) is 32.0 Å². The molecule has 1 saturated heterocycles. The number of esters is 1. The molecule has 0 bridgehead atoms. The second-order valence-electron chi connectivity index (χ2n) is 9.43. The zero-order valence-electron chi connectivity index (χ0n) is 22.1. The average molecular weight is 575 g/mol. The van der Waals surface area contributed by atoms with Gasteiger partial charge in [0.15, 0.2) is 6.10 Å². The van der Waals surface area contributed by atoms with Crippen LogP contribution in [0.25, 0.3) is 0 Å². The molecule has 1 aromatic carbocycles. The van der Waals surface area contributed by atoms with Crippen molar-refractivity contribution in [1.82, 2.24) is 14.6 Å². The zero-order valence-corrected chi connectivity index (χ0v) is 23.0. The predicted octanol–water partition coefficient (Wildman–Crippen LogP) is 2.95. The number of nitrogens with one attached hydrogen (secondary N) is 2. The fourth-order valence-corrected chi connectivity index (χ4v) is 5.33. The maximum absolute atomic E-state index is 15.0. The van der Waals surface area contributed by atoms with E-state index < -0.39 is 68.4 Å². The summed E-state index contributed by atoms with van der Waals surface area (Å²) in [7, 11) is -2.96. The van der Waals surface area contributed by atoms with Gasteiger partial charge in [0.05, 0.1) is 12.7 Å². The number of alkyl halides is 2. The number of carbonyl (C=O) groups is 1. The molecule has 0 saturated carbocycles. The number of ether oxygens (including phenoxy) is 2. The summed E-state index contributed by atoms with van der Waals surface area (Å²) in [5, 5.41) is 15.5. The molecule has 3 rings (SSSR count). The van der Waals surface area contributed by atoms with Crippen LogP contribution in [0.3, 0.4) is 0 Å². The second-order valence-corrected chi connectivity index (χ2v) is 11.1. The highest BCUT2D eigenvalue weighted by molar-refractivity contribution is 7.52. The maximum Gasteiger partial charge on any atom is 0.459 e. The minimum Gasteiger partial charge on any atom is -0.462 e. The molecule has 2 aromatic rings. The number of hydrogen-bond donors (Lipinski definition) is 3. The van der Waals surface area contributed by atoms with Crippen molar-refractivity contribution in [2.75, 3.05) is 19.0 Å². The Morgan fingerprint density at radius 2 is 1.90 bits per heavy atom. The molecule has 39 heavy (non-hydrogen) atoms. The number of aliphatic hydroxyl groups is 1. The van der Waals surface area contributed by atoms with E-state index >= 15 is 0 Å². The van der Waals surface area contributed by atoms with Crippen LogP contribution in [-0.2, 0) is 23.4 Å². The molecule has 2 heterocycles. The number of rotatable bonds is 12. The van der Waals surface area contributed by atoms with Crippen molar-refractivity contribution in [1.29, 1.82) is 0 Å². The van der Waals surface area contributed by atoms with Gasteiger partial charge < -0.3 is 24.4 Å². The first kappa shape index (κ1) is 30.6. The van der Waals surface area contributed by atoms with Crippen molar-refractivity contribution in [2.45, 2.75) is 64.2 Å². The quantitative estimate of drug-likeness (QED) is 0.254. The molecule has 1 aliphatic rings. The normalized spacial score (nSPS) is 22.9. The van der Waals surface area contributed by atoms with Crippen LogP contribution in [0.2, 0.25) is 0 Å². The van der Waals surface area contributed by atoms with Crippen LogP contribution in [0.5, 0.6) is 5.75 Å². The molecule has 3 N–H and O–H groups in total. The number of nitrogens with zero attached hydrogens (tertiary/aromatic N) is 2. The Morgan fingerprint density at radius 1 is 1.23 bits per heavy atom. The number of anilines is 1. The molecular weight excluding hydrogens is 541 g/mol. The Kier molecular flexibility index (Phi) is 9.83. The molecule has 0 amide bonds. The van der Waals surface area contributed by atoms with Gasteiger partial charge in [-0.15, -0.1) is 0 Å². The molecule has 0 spiro atoms. The number of aliphatic hydroxyl groups excluding tert-OH is 1. The van der Waals surface area contributed by atoms with E-state index in [1.807, 2.05) is 0 Å². The molecule has 5 atom stereocenters.